The van der Waals surface area contributed by atoms with Crippen LogP contribution in [0.15, 0.2) is 29.4 Å². The molecule has 0 saturated heterocycles. The molecule has 0 heterocycles. The molecule has 2 rings (SSSR count). The molecule has 0 radical (unpaired) electrons. The number of carbonyl (C=O) groups excluding carboxylic acids is 1. The molecule has 90 valence electrons. The Kier molecular flexibility index (Phi) is 3.27. The number of hydrogen-bond donors (Lipinski definition) is 3. The predicted molar refractivity (Wildman–Crippen MR) is 65.6 cm³/mol. The van der Waals surface area contributed by atoms with E-state index >= 15 is 0 Å². The van der Waals surface area contributed by atoms with Gasteiger partial charge >= 0.3 is 6.03 Å². The largest absolute Gasteiger partial charge is 0.411 e. The summed E-state index contributed by atoms with van der Waals surface area (Å²) in [6.07, 6.45) is 2.12. The van der Waals surface area contributed by atoms with Crippen molar-refractivity contribution in [2.75, 3.05) is 5.32 Å². The SMILES string of the molecule is CC(=NO)c1cccc(NC(=O)NC2CC2)c1. The molecule has 0 aromatic heterocycles. The second-order valence-corrected chi connectivity index (χ2v) is 4.14. The van der Waals surface area contributed by atoms with E-state index in [0.717, 1.165) is 18.4 Å². The standard InChI is InChI=1S/C12H15N3O2/c1-8(15-17)9-3-2-4-11(7-9)14-12(16)13-10-5-6-10/h2-4,7,10,17H,5-6H2,1H3,(H2,13,14,16). The van der Waals surface area contributed by atoms with Crippen molar-refractivity contribution in [1.82, 2.24) is 5.32 Å². The third kappa shape index (κ3) is 3.21. The van der Waals surface area contributed by atoms with Gasteiger partial charge in [0.2, 0.25) is 0 Å². The van der Waals surface area contributed by atoms with E-state index < -0.39 is 0 Å². The monoisotopic (exact) mass is 233 g/mol. The lowest BCUT2D eigenvalue weighted by Crippen LogP contribution is -2.30. The Morgan fingerprint density at radius 2 is 2.24 bits per heavy atom. The van der Waals surface area contributed by atoms with Gasteiger partial charge in [0.15, 0.2) is 0 Å². The average molecular weight is 233 g/mol. The minimum atomic E-state index is -0.191. The van der Waals surface area contributed by atoms with E-state index in [1.165, 1.54) is 0 Å². The van der Waals surface area contributed by atoms with Gasteiger partial charge in [-0.05, 0) is 31.9 Å². The third-order valence-electron chi connectivity index (χ3n) is 2.60. The van der Waals surface area contributed by atoms with Crippen LogP contribution in [0.3, 0.4) is 0 Å². The number of anilines is 1. The summed E-state index contributed by atoms with van der Waals surface area (Å²) in [7, 11) is 0. The molecule has 1 aromatic rings. The van der Waals surface area contributed by atoms with E-state index in [4.69, 9.17) is 5.21 Å². The van der Waals surface area contributed by atoms with Crippen molar-refractivity contribution in [1.29, 1.82) is 0 Å². The van der Waals surface area contributed by atoms with Crippen molar-refractivity contribution >= 4 is 17.4 Å². The fraction of sp³-hybridized carbons (Fsp3) is 0.333. The van der Waals surface area contributed by atoms with Crippen molar-refractivity contribution in [3.63, 3.8) is 0 Å². The lowest BCUT2D eigenvalue weighted by molar-refractivity contribution is 0.251. The maximum absolute atomic E-state index is 11.5. The Hall–Kier alpha value is -2.04. The number of nitrogens with zero attached hydrogens (tertiary/aromatic N) is 1. The molecule has 1 aliphatic rings. The van der Waals surface area contributed by atoms with Crippen molar-refractivity contribution < 1.29 is 10.0 Å². The highest BCUT2D eigenvalue weighted by Gasteiger charge is 2.23. The van der Waals surface area contributed by atoms with Crippen LogP contribution in [0.4, 0.5) is 10.5 Å². The molecule has 0 spiro atoms. The smallest absolute Gasteiger partial charge is 0.319 e. The topological polar surface area (TPSA) is 73.7 Å². The van der Waals surface area contributed by atoms with Crippen LogP contribution in [-0.4, -0.2) is 23.0 Å². The van der Waals surface area contributed by atoms with Crippen LogP contribution in [0.25, 0.3) is 0 Å². The van der Waals surface area contributed by atoms with Gasteiger partial charge in [-0.25, -0.2) is 4.79 Å². The fourth-order valence-electron chi connectivity index (χ4n) is 1.46. The van der Waals surface area contributed by atoms with Crippen molar-refractivity contribution in [3.8, 4) is 0 Å². The third-order valence-corrected chi connectivity index (χ3v) is 2.60. The first-order valence-electron chi connectivity index (χ1n) is 5.55. The van der Waals surface area contributed by atoms with Gasteiger partial charge in [0, 0.05) is 17.3 Å². The molecule has 5 nitrogen and oxygen atoms in total. The summed E-state index contributed by atoms with van der Waals surface area (Å²) >= 11 is 0. The van der Waals surface area contributed by atoms with Crippen LogP contribution < -0.4 is 10.6 Å². The molecule has 1 saturated carbocycles. The summed E-state index contributed by atoms with van der Waals surface area (Å²) in [6.45, 7) is 1.70. The summed E-state index contributed by atoms with van der Waals surface area (Å²) in [5.41, 5.74) is 1.97. The number of rotatable bonds is 3. The van der Waals surface area contributed by atoms with Crippen molar-refractivity contribution in [2.45, 2.75) is 25.8 Å². The van der Waals surface area contributed by atoms with Crippen LogP contribution in [0.2, 0.25) is 0 Å². The Labute approximate surface area is 99.5 Å². The molecule has 17 heavy (non-hydrogen) atoms. The molecule has 0 atom stereocenters. The van der Waals surface area contributed by atoms with Gasteiger partial charge in [0.25, 0.3) is 0 Å². The van der Waals surface area contributed by atoms with Crippen molar-refractivity contribution in [2.24, 2.45) is 5.16 Å². The summed E-state index contributed by atoms with van der Waals surface area (Å²) < 4.78 is 0. The number of nitrogens with one attached hydrogen (secondary N) is 2. The van der Waals surface area contributed by atoms with Crippen LogP contribution >= 0.6 is 0 Å². The number of carbonyl (C=O) groups is 1. The zero-order valence-electron chi connectivity index (χ0n) is 9.60. The van der Waals surface area contributed by atoms with E-state index in [1.807, 2.05) is 6.07 Å². The predicted octanol–water partition coefficient (Wildman–Crippen LogP) is 2.17. The van der Waals surface area contributed by atoms with E-state index in [1.54, 1.807) is 25.1 Å². The van der Waals surface area contributed by atoms with Crippen LogP contribution in [-0.2, 0) is 0 Å². The molecule has 1 fully saturated rings. The highest BCUT2D eigenvalue weighted by atomic mass is 16.4. The number of benzene rings is 1. The molecule has 3 N–H and O–H groups in total. The van der Waals surface area contributed by atoms with E-state index in [-0.39, 0.29) is 6.03 Å². The number of urea groups is 1. The van der Waals surface area contributed by atoms with Gasteiger partial charge in [-0.3, -0.25) is 0 Å². The minimum absolute atomic E-state index is 0.191. The van der Waals surface area contributed by atoms with Gasteiger partial charge in [-0.2, -0.15) is 0 Å². The molecule has 0 bridgehead atoms. The lowest BCUT2D eigenvalue weighted by atomic mass is 10.1. The Morgan fingerprint density at radius 1 is 1.47 bits per heavy atom. The van der Waals surface area contributed by atoms with Gasteiger partial charge in [0.1, 0.15) is 0 Å². The molecular weight excluding hydrogens is 218 g/mol. The van der Waals surface area contributed by atoms with E-state index in [2.05, 4.69) is 15.8 Å². The summed E-state index contributed by atoms with van der Waals surface area (Å²) in [5, 5.41) is 17.4. The molecule has 2 amide bonds. The minimum Gasteiger partial charge on any atom is -0.411 e. The Balaban J connectivity index is 2.02. The first kappa shape index (κ1) is 11.4. The van der Waals surface area contributed by atoms with Gasteiger partial charge in [-0.1, -0.05) is 17.3 Å². The van der Waals surface area contributed by atoms with Gasteiger partial charge < -0.3 is 15.8 Å². The van der Waals surface area contributed by atoms with Crippen LogP contribution in [0.1, 0.15) is 25.3 Å². The lowest BCUT2D eigenvalue weighted by Gasteiger charge is -2.07. The van der Waals surface area contributed by atoms with Crippen LogP contribution in [0, 0.1) is 0 Å². The van der Waals surface area contributed by atoms with Gasteiger partial charge in [-0.15, -0.1) is 0 Å². The maximum Gasteiger partial charge on any atom is 0.319 e. The highest BCUT2D eigenvalue weighted by molar-refractivity contribution is 6.00. The number of hydrogen-bond acceptors (Lipinski definition) is 3. The first-order chi connectivity index (χ1) is 8.19. The maximum atomic E-state index is 11.5. The number of amides is 2. The molecule has 0 aliphatic heterocycles. The second kappa shape index (κ2) is 4.86. The molecular formula is C12H15N3O2. The summed E-state index contributed by atoms with van der Waals surface area (Å²) in [5.74, 6) is 0. The Bertz CT molecular complexity index is 453. The molecule has 5 heteroatoms. The molecule has 1 aromatic carbocycles. The summed E-state index contributed by atoms with van der Waals surface area (Å²) in [6, 6.07) is 7.32. The van der Waals surface area contributed by atoms with E-state index in [9.17, 15) is 4.79 Å². The van der Waals surface area contributed by atoms with E-state index in [0.29, 0.717) is 17.4 Å². The van der Waals surface area contributed by atoms with Crippen LogP contribution in [0.5, 0.6) is 0 Å². The summed E-state index contributed by atoms with van der Waals surface area (Å²) in [4.78, 5) is 11.5. The second-order valence-electron chi connectivity index (χ2n) is 4.14. The molecule has 1 aliphatic carbocycles. The normalized spacial score (nSPS) is 15.5. The van der Waals surface area contributed by atoms with Gasteiger partial charge in [0.05, 0.1) is 5.71 Å². The zero-order valence-corrected chi connectivity index (χ0v) is 9.60. The zero-order chi connectivity index (χ0) is 12.3. The first-order valence-corrected chi connectivity index (χ1v) is 5.55. The average Bonchev–Trinajstić information content (AvgIpc) is 3.12. The van der Waals surface area contributed by atoms with Crippen molar-refractivity contribution in [3.05, 3.63) is 29.8 Å². The highest BCUT2D eigenvalue weighted by Crippen LogP contribution is 2.19. The molecule has 0 unspecified atom stereocenters. The number of oxime groups is 1. The fourth-order valence-corrected chi connectivity index (χ4v) is 1.46. The quantitative estimate of drug-likeness (QED) is 0.425. The Morgan fingerprint density at radius 3 is 2.88 bits per heavy atom.